The van der Waals surface area contributed by atoms with Crippen molar-refractivity contribution in [1.29, 1.82) is 0 Å². The lowest BCUT2D eigenvalue weighted by Gasteiger charge is -2.26. The number of benzene rings is 2. The molecule has 1 saturated heterocycles. The van der Waals surface area contributed by atoms with Crippen molar-refractivity contribution in [3.63, 3.8) is 0 Å². The molecule has 7 nitrogen and oxygen atoms in total. The zero-order chi connectivity index (χ0) is 23.1. The molecule has 1 aliphatic heterocycles. The summed E-state index contributed by atoms with van der Waals surface area (Å²) in [6.45, 7) is 9.07. The summed E-state index contributed by atoms with van der Waals surface area (Å²) in [7, 11) is -3.46. The third-order valence-electron chi connectivity index (χ3n) is 5.62. The predicted octanol–water partition coefficient (Wildman–Crippen LogP) is 2.72. The lowest BCUT2D eigenvalue weighted by atomic mass is 10.1. The molecule has 0 unspecified atom stereocenters. The Hall–Kier alpha value is -2.42. The second-order valence-electron chi connectivity index (χ2n) is 8.32. The number of hydrogen-bond donors (Lipinski definition) is 1. The van der Waals surface area contributed by atoms with Crippen molar-refractivity contribution >= 4 is 21.6 Å². The van der Waals surface area contributed by atoms with Gasteiger partial charge in [0.1, 0.15) is 0 Å². The summed E-state index contributed by atoms with van der Waals surface area (Å²) in [4.78, 5) is 14.8. The average Bonchev–Trinajstić information content (AvgIpc) is 2.77. The van der Waals surface area contributed by atoms with Crippen LogP contribution in [-0.2, 0) is 21.3 Å². The second-order valence-corrected chi connectivity index (χ2v) is 10.2. The van der Waals surface area contributed by atoms with E-state index in [2.05, 4.69) is 10.2 Å². The lowest BCUT2D eigenvalue weighted by Crippen LogP contribution is -2.38. The molecule has 0 aliphatic carbocycles. The number of carbonyl (C=O) groups is 1. The van der Waals surface area contributed by atoms with Crippen LogP contribution < -0.4 is 9.62 Å². The van der Waals surface area contributed by atoms with Crippen molar-refractivity contribution in [1.82, 2.24) is 10.2 Å². The molecule has 1 heterocycles. The van der Waals surface area contributed by atoms with Crippen molar-refractivity contribution < 1.29 is 17.9 Å². The van der Waals surface area contributed by atoms with Gasteiger partial charge in [0, 0.05) is 25.2 Å². The summed E-state index contributed by atoms with van der Waals surface area (Å²) < 4.78 is 31.7. The van der Waals surface area contributed by atoms with Gasteiger partial charge in [-0.3, -0.25) is 14.0 Å². The minimum Gasteiger partial charge on any atom is -0.379 e. The molecular weight excluding hydrogens is 426 g/mol. The molecular formula is C24H33N3O4S. The van der Waals surface area contributed by atoms with E-state index >= 15 is 0 Å². The highest BCUT2D eigenvalue weighted by Crippen LogP contribution is 2.26. The number of amides is 1. The van der Waals surface area contributed by atoms with Crippen LogP contribution in [0.15, 0.2) is 42.5 Å². The van der Waals surface area contributed by atoms with Crippen LogP contribution in [0.4, 0.5) is 5.69 Å². The van der Waals surface area contributed by atoms with Crippen LogP contribution in [0.1, 0.15) is 33.5 Å². The highest BCUT2D eigenvalue weighted by atomic mass is 32.2. The van der Waals surface area contributed by atoms with E-state index in [1.807, 2.05) is 44.2 Å². The van der Waals surface area contributed by atoms with E-state index in [-0.39, 0.29) is 12.5 Å². The third kappa shape index (κ3) is 6.79. The molecule has 0 saturated carbocycles. The molecule has 0 bridgehead atoms. The highest BCUT2D eigenvalue weighted by Gasteiger charge is 2.20. The van der Waals surface area contributed by atoms with Crippen LogP contribution in [-0.4, -0.2) is 64.9 Å². The van der Waals surface area contributed by atoms with Crippen molar-refractivity contribution in [2.75, 3.05) is 50.0 Å². The van der Waals surface area contributed by atoms with Crippen LogP contribution in [0.3, 0.4) is 0 Å². The van der Waals surface area contributed by atoms with Crippen molar-refractivity contribution in [2.24, 2.45) is 0 Å². The SMILES string of the molecule is Cc1ccc(C)c(N(Cc2ccc(C(=O)NCCCN3CCOCC3)cc2)S(C)(=O)=O)c1. The molecule has 1 aliphatic rings. The zero-order valence-corrected chi connectivity index (χ0v) is 20.0. The fourth-order valence-electron chi connectivity index (χ4n) is 3.73. The molecule has 2 aromatic rings. The van der Waals surface area contributed by atoms with Gasteiger partial charge in [-0.25, -0.2) is 8.42 Å². The van der Waals surface area contributed by atoms with E-state index in [0.29, 0.717) is 17.8 Å². The van der Waals surface area contributed by atoms with Crippen LogP contribution in [0.2, 0.25) is 0 Å². The number of ether oxygens (including phenoxy) is 1. The van der Waals surface area contributed by atoms with Gasteiger partial charge in [0.2, 0.25) is 10.0 Å². The Morgan fingerprint density at radius 2 is 1.78 bits per heavy atom. The Morgan fingerprint density at radius 3 is 2.44 bits per heavy atom. The molecule has 3 rings (SSSR count). The molecule has 1 amide bonds. The van der Waals surface area contributed by atoms with E-state index in [1.165, 1.54) is 10.6 Å². The van der Waals surface area contributed by atoms with Gasteiger partial charge in [-0.15, -0.1) is 0 Å². The third-order valence-corrected chi connectivity index (χ3v) is 6.74. The normalized spacial score (nSPS) is 14.8. The summed E-state index contributed by atoms with van der Waals surface area (Å²) >= 11 is 0. The number of nitrogens with one attached hydrogen (secondary N) is 1. The molecule has 174 valence electrons. The Morgan fingerprint density at radius 1 is 1.09 bits per heavy atom. The summed E-state index contributed by atoms with van der Waals surface area (Å²) in [6.07, 6.45) is 2.11. The standard InChI is InChI=1S/C24H33N3O4S/c1-19-5-6-20(2)23(17-19)27(32(3,29)30)18-21-7-9-22(10-8-21)24(28)25-11-4-12-26-13-15-31-16-14-26/h5-10,17H,4,11-16,18H2,1-3H3,(H,25,28). The first kappa shape index (κ1) is 24.2. The van der Waals surface area contributed by atoms with E-state index in [4.69, 9.17) is 4.74 Å². The zero-order valence-electron chi connectivity index (χ0n) is 19.1. The Kier molecular flexibility index (Phi) is 8.28. The maximum Gasteiger partial charge on any atom is 0.251 e. The summed E-state index contributed by atoms with van der Waals surface area (Å²) in [5, 5.41) is 2.96. The lowest BCUT2D eigenvalue weighted by molar-refractivity contribution is 0.0374. The summed E-state index contributed by atoms with van der Waals surface area (Å²) in [5.41, 5.74) is 3.96. The highest BCUT2D eigenvalue weighted by molar-refractivity contribution is 7.92. The van der Waals surface area contributed by atoms with Crippen LogP contribution >= 0.6 is 0 Å². The first-order chi connectivity index (χ1) is 15.2. The first-order valence-corrected chi connectivity index (χ1v) is 12.8. The number of aryl methyl sites for hydroxylation is 2. The fourth-order valence-corrected chi connectivity index (χ4v) is 4.67. The molecule has 1 fully saturated rings. The number of anilines is 1. The van der Waals surface area contributed by atoms with Crippen molar-refractivity contribution in [3.05, 3.63) is 64.7 Å². The number of carbonyl (C=O) groups excluding carboxylic acids is 1. The number of nitrogens with zero attached hydrogens (tertiary/aromatic N) is 2. The molecule has 0 aromatic heterocycles. The summed E-state index contributed by atoms with van der Waals surface area (Å²) in [6, 6.07) is 12.9. The van der Waals surface area contributed by atoms with Gasteiger partial charge in [-0.2, -0.15) is 0 Å². The summed E-state index contributed by atoms with van der Waals surface area (Å²) in [5.74, 6) is -0.118. The molecule has 2 aromatic carbocycles. The molecule has 0 spiro atoms. The minimum absolute atomic E-state index is 0.118. The number of rotatable bonds is 9. The molecule has 32 heavy (non-hydrogen) atoms. The van der Waals surface area contributed by atoms with E-state index in [0.717, 1.165) is 56.0 Å². The van der Waals surface area contributed by atoms with Crippen molar-refractivity contribution in [2.45, 2.75) is 26.8 Å². The minimum atomic E-state index is -3.46. The van der Waals surface area contributed by atoms with Crippen LogP contribution in [0.5, 0.6) is 0 Å². The Balaban J connectivity index is 1.58. The Labute approximate surface area is 191 Å². The maximum absolute atomic E-state index is 12.5. The Bertz CT molecular complexity index is 1020. The average molecular weight is 460 g/mol. The van der Waals surface area contributed by atoms with Gasteiger partial charge >= 0.3 is 0 Å². The van der Waals surface area contributed by atoms with E-state index in [1.54, 1.807) is 12.1 Å². The topological polar surface area (TPSA) is 79.0 Å². The number of sulfonamides is 1. The second kappa shape index (κ2) is 10.9. The van der Waals surface area contributed by atoms with Crippen LogP contribution in [0.25, 0.3) is 0 Å². The number of hydrogen-bond acceptors (Lipinski definition) is 5. The molecule has 0 radical (unpaired) electrons. The smallest absolute Gasteiger partial charge is 0.251 e. The quantitative estimate of drug-likeness (QED) is 0.584. The van der Waals surface area contributed by atoms with Gasteiger partial charge in [-0.05, 0) is 61.7 Å². The maximum atomic E-state index is 12.5. The monoisotopic (exact) mass is 459 g/mol. The number of morpholine rings is 1. The van der Waals surface area contributed by atoms with Gasteiger partial charge in [-0.1, -0.05) is 24.3 Å². The van der Waals surface area contributed by atoms with Gasteiger partial charge < -0.3 is 10.1 Å². The van der Waals surface area contributed by atoms with E-state index < -0.39 is 10.0 Å². The first-order valence-electron chi connectivity index (χ1n) is 11.0. The largest absolute Gasteiger partial charge is 0.379 e. The van der Waals surface area contributed by atoms with Crippen LogP contribution in [0, 0.1) is 13.8 Å². The van der Waals surface area contributed by atoms with Gasteiger partial charge in [0.15, 0.2) is 0 Å². The van der Waals surface area contributed by atoms with Crippen molar-refractivity contribution in [3.8, 4) is 0 Å². The predicted molar refractivity (Wildman–Crippen MR) is 128 cm³/mol. The molecule has 0 atom stereocenters. The van der Waals surface area contributed by atoms with Gasteiger partial charge in [0.25, 0.3) is 5.91 Å². The van der Waals surface area contributed by atoms with Gasteiger partial charge in [0.05, 0.1) is 31.7 Å². The molecule has 8 heteroatoms. The fraction of sp³-hybridized carbons (Fsp3) is 0.458. The van der Waals surface area contributed by atoms with E-state index in [9.17, 15) is 13.2 Å². The molecule has 1 N–H and O–H groups in total.